The molecule has 0 unspecified atom stereocenters. The van der Waals surface area contributed by atoms with Crippen LogP contribution in [0.15, 0.2) is 18.5 Å². The lowest BCUT2D eigenvalue weighted by Crippen LogP contribution is -2.38. The molecule has 194 valence electrons. The van der Waals surface area contributed by atoms with Gasteiger partial charge in [0.05, 0.1) is 18.5 Å². The maximum absolute atomic E-state index is 15.1. The van der Waals surface area contributed by atoms with Gasteiger partial charge in [-0.05, 0) is 32.6 Å². The highest BCUT2D eigenvalue weighted by Gasteiger charge is 2.43. The van der Waals surface area contributed by atoms with Gasteiger partial charge >= 0.3 is 12.5 Å². The van der Waals surface area contributed by atoms with Crippen molar-refractivity contribution in [3.05, 3.63) is 35.7 Å². The number of aromatic nitrogens is 5. The molecule has 0 bridgehead atoms. The van der Waals surface area contributed by atoms with Gasteiger partial charge in [0.15, 0.2) is 17.3 Å². The summed E-state index contributed by atoms with van der Waals surface area (Å²) in [5.41, 5.74) is -0.246. The second-order valence-corrected chi connectivity index (χ2v) is 9.18. The average molecular weight is 515 g/mol. The largest absolute Gasteiger partial charge is 0.522 e. The third-order valence-electron chi connectivity index (χ3n) is 6.28. The summed E-state index contributed by atoms with van der Waals surface area (Å²) in [5.74, 6) is -1.21. The van der Waals surface area contributed by atoms with E-state index in [9.17, 15) is 22.4 Å². The summed E-state index contributed by atoms with van der Waals surface area (Å²) in [5, 5.41) is 12.4. The number of nitrogens with zero attached hydrogens (tertiary/aromatic N) is 4. The number of fused-ring (bicyclic) bond motifs is 1. The molecule has 2 fully saturated rings. The van der Waals surface area contributed by atoms with Gasteiger partial charge in [0.25, 0.3) is 0 Å². The fourth-order valence-electron chi connectivity index (χ4n) is 4.12. The molecule has 3 N–H and O–H groups in total. The molecule has 15 heteroatoms. The van der Waals surface area contributed by atoms with E-state index in [0.717, 1.165) is 29.6 Å². The monoisotopic (exact) mass is 515 g/mol. The summed E-state index contributed by atoms with van der Waals surface area (Å²) in [7, 11) is 0. The molecule has 2 aliphatic rings. The predicted octanol–water partition coefficient (Wildman–Crippen LogP) is 4.23. The maximum atomic E-state index is 15.1. The first-order valence-corrected chi connectivity index (χ1v) is 11.2. The van der Waals surface area contributed by atoms with E-state index in [-0.39, 0.29) is 28.6 Å². The minimum Gasteiger partial charge on any atom is -0.443 e. The van der Waals surface area contributed by atoms with Crippen LogP contribution in [0.2, 0.25) is 0 Å². The van der Waals surface area contributed by atoms with E-state index in [1.807, 2.05) is 6.92 Å². The van der Waals surface area contributed by atoms with Gasteiger partial charge in [-0.3, -0.25) is 14.2 Å². The molecule has 5 rings (SSSR count). The summed E-state index contributed by atoms with van der Waals surface area (Å²) >= 11 is 0. The van der Waals surface area contributed by atoms with Crippen LogP contribution in [0.1, 0.15) is 49.9 Å². The summed E-state index contributed by atoms with van der Waals surface area (Å²) < 4.78 is 76.3. The molecule has 2 aliphatic carbocycles. The highest BCUT2D eigenvalue weighted by molar-refractivity contribution is 5.69. The van der Waals surface area contributed by atoms with E-state index in [1.165, 1.54) is 6.07 Å². The van der Waals surface area contributed by atoms with Gasteiger partial charge in [-0.1, -0.05) is 0 Å². The molecular formula is C21H22F5N7O3. The zero-order valence-corrected chi connectivity index (χ0v) is 18.9. The van der Waals surface area contributed by atoms with Gasteiger partial charge < -0.3 is 15.4 Å². The number of hydrogen-bond donors (Lipinski definition) is 3. The second-order valence-electron chi connectivity index (χ2n) is 9.18. The molecule has 36 heavy (non-hydrogen) atoms. The van der Waals surface area contributed by atoms with E-state index < -0.39 is 43.1 Å². The Bertz CT molecular complexity index is 1270. The normalized spacial score (nSPS) is 23.1. The number of H-pyrrole nitrogens is 1. The third kappa shape index (κ3) is 5.20. The third-order valence-corrected chi connectivity index (χ3v) is 6.28. The van der Waals surface area contributed by atoms with Crippen molar-refractivity contribution in [1.82, 2.24) is 29.9 Å². The number of imidazole rings is 1. The lowest BCUT2D eigenvalue weighted by atomic mass is 10.0. The number of halogens is 5. The molecule has 0 spiro atoms. The van der Waals surface area contributed by atoms with Crippen LogP contribution in [0.5, 0.6) is 0 Å². The molecule has 3 aromatic heterocycles. The lowest BCUT2D eigenvalue weighted by Gasteiger charge is -2.19. The zero-order chi connectivity index (χ0) is 25.7. The van der Waals surface area contributed by atoms with Crippen LogP contribution in [0.4, 0.5) is 38.5 Å². The number of alkyl halides is 4. The minimum atomic E-state index is -4.86. The van der Waals surface area contributed by atoms with Gasteiger partial charge in [-0.15, -0.1) is 13.2 Å². The number of ether oxygens (including phenoxy) is 2. The van der Waals surface area contributed by atoms with Crippen molar-refractivity contribution < 1.29 is 36.2 Å². The number of nitrogens with one attached hydrogen (secondary N) is 3. The molecule has 3 heterocycles. The molecule has 0 radical (unpaired) electrons. The molecule has 0 aromatic carbocycles. The summed E-state index contributed by atoms with van der Waals surface area (Å²) in [6.07, 6.45) is -3.36. The molecule has 10 nitrogen and oxygen atoms in total. The number of aromatic amines is 1. The smallest absolute Gasteiger partial charge is 0.443 e. The number of amides is 1. The van der Waals surface area contributed by atoms with Crippen LogP contribution in [-0.2, 0) is 16.1 Å². The lowest BCUT2D eigenvalue weighted by molar-refractivity contribution is -0.330. The highest BCUT2D eigenvalue weighted by Crippen LogP contribution is 2.39. The average Bonchev–Trinajstić information content (AvgIpc) is 3.16. The van der Waals surface area contributed by atoms with E-state index in [4.69, 9.17) is 4.74 Å². The quantitative estimate of drug-likeness (QED) is 0.403. The first kappa shape index (κ1) is 24.2. The maximum Gasteiger partial charge on any atom is 0.522 e. The first-order valence-electron chi connectivity index (χ1n) is 11.2. The predicted molar refractivity (Wildman–Crippen MR) is 114 cm³/mol. The topological polar surface area (TPSA) is 118 Å². The van der Waals surface area contributed by atoms with Crippen molar-refractivity contribution in [2.45, 2.75) is 69.3 Å². The minimum absolute atomic E-state index is 0.0184. The fraction of sp³-hybridized carbons (Fsp3) is 0.524. The van der Waals surface area contributed by atoms with Crippen LogP contribution in [-0.4, -0.2) is 54.8 Å². The zero-order valence-electron chi connectivity index (χ0n) is 18.9. The summed E-state index contributed by atoms with van der Waals surface area (Å²) in [6, 6.07) is 1.53. The van der Waals surface area contributed by atoms with Crippen LogP contribution >= 0.6 is 0 Å². The van der Waals surface area contributed by atoms with Gasteiger partial charge in [0, 0.05) is 29.4 Å². The number of anilines is 2. The standard InChI is InChI=1S/C21H22F5N7O3/c1-20(4-5-20)30-19(34)36-14-3-2-11(16(14)23)13-6-15(32-31-13)29-18-27-7-12(22)17-28-10(8-33(17)18)9-35-21(24,25)26/h6-8,11,14,16H,2-5,9H2,1H3,(H,30,34)(H2,27,29,31,32)/t11-,14-,16-/m0/s1. The van der Waals surface area contributed by atoms with Gasteiger partial charge in [-0.2, -0.15) is 5.10 Å². The van der Waals surface area contributed by atoms with Crippen LogP contribution < -0.4 is 10.6 Å². The number of alkyl carbamates (subject to hydrolysis) is 1. The Labute approximate surface area is 200 Å². The van der Waals surface area contributed by atoms with E-state index in [2.05, 4.69) is 35.5 Å². The van der Waals surface area contributed by atoms with Crippen LogP contribution in [0, 0.1) is 5.82 Å². The van der Waals surface area contributed by atoms with Crippen LogP contribution in [0.3, 0.4) is 0 Å². The molecule has 1 amide bonds. The Balaban J connectivity index is 1.26. The number of carbonyl (C=O) groups is 1. The second kappa shape index (κ2) is 8.87. The molecule has 0 aliphatic heterocycles. The van der Waals surface area contributed by atoms with Gasteiger partial charge in [0.1, 0.15) is 12.3 Å². The molecule has 3 aromatic rings. The van der Waals surface area contributed by atoms with Crippen LogP contribution in [0.25, 0.3) is 5.65 Å². The first-order chi connectivity index (χ1) is 17.0. The van der Waals surface area contributed by atoms with Gasteiger partial charge in [0.2, 0.25) is 5.95 Å². The Morgan fingerprint density at radius 1 is 1.33 bits per heavy atom. The molecular weight excluding hydrogens is 493 g/mol. The summed E-state index contributed by atoms with van der Waals surface area (Å²) in [4.78, 5) is 19.8. The highest BCUT2D eigenvalue weighted by atomic mass is 19.4. The summed E-state index contributed by atoms with van der Waals surface area (Å²) in [6.45, 7) is 0.985. The van der Waals surface area contributed by atoms with Crippen molar-refractivity contribution in [3.8, 4) is 0 Å². The van der Waals surface area contributed by atoms with Crippen molar-refractivity contribution >= 4 is 23.5 Å². The van der Waals surface area contributed by atoms with E-state index in [0.29, 0.717) is 18.5 Å². The van der Waals surface area contributed by atoms with E-state index in [1.54, 1.807) is 0 Å². The fourth-order valence-corrected chi connectivity index (χ4v) is 4.12. The SMILES string of the molecule is CC1(NC(=O)O[C@H]2CC[C@@H](c3cc(Nc4ncc(F)c5nc(COC(F)(F)F)cn45)n[nH]3)[C@@H]2F)CC1. The van der Waals surface area contributed by atoms with Crippen molar-refractivity contribution in [2.24, 2.45) is 0 Å². The van der Waals surface area contributed by atoms with E-state index >= 15 is 4.39 Å². The Kier molecular flexibility index (Phi) is 5.97. The van der Waals surface area contributed by atoms with Crippen molar-refractivity contribution in [3.63, 3.8) is 0 Å². The Morgan fingerprint density at radius 3 is 2.83 bits per heavy atom. The van der Waals surface area contributed by atoms with Crippen molar-refractivity contribution in [1.29, 1.82) is 0 Å². The molecule has 3 atom stereocenters. The number of rotatable bonds is 7. The molecule has 2 saturated carbocycles. The Morgan fingerprint density at radius 2 is 2.11 bits per heavy atom. The Hall–Kier alpha value is -3.49. The van der Waals surface area contributed by atoms with Gasteiger partial charge in [-0.25, -0.2) is 23.5 Å². The molecule has 0 saturated heterocycles. The number of carbonyl (C=O) groups excluding carboxylic acids is 1. The number of hydrogen-bond acceptors (Lipinski definition) is 7. The van der Waals surface area contributed by atoms with Crippen molar-refractivity contribution in [2.75, 3.05) is 5.32 Å².